The highest BCUT2D eigenvalue weighted by Gasteiger charge is 2.23. The van der Waals surface area contributed by atoms with Crippen LogP contribution in [0.1, 0.15) is 0 Å². The fourth-order valence-corrected chi connectivity index (χ4v) is 2.38. The monoisotopic (exact) mass is 274 g/mol. The summed E-state index contributed by atoms with van der Waals surface area (Å²) < 4.78 is 37.9. The number of likely N-dealkylation sites (N-methyl/N-ethyl adjacent to an activating group) is 2. The summed E-state index contributed by atoms with van der Waals surface area (Å²) in [5, 5.41) is 0. The summed E-state index contributed by atoms with van der Waals surface area (Å²) in [6.45, 7) is -0.286. The van der Waals surface area contributed by atoms with Gasteiger partial charge in [0.2, 0.25) is 15.9 Å². The minimum Gasteiger partial charge on any atom is -0.348 e. The molecule has 5 nitrogen and oxygen atoms in total. The van der Waals surface area contributed by atoms with Crippen molar-refractivity contribution in [1.29, 1.82) is 0 Å². The molecule has 7 heteroatoms. The molecule has 0 aliphatic heterocycles. The quantitative estimate of drug-likeness (QED) is 0.805. The van der Waals surface area contributed by atoms with E-state index in [0.29, 0.717) is 0 Å². The molecule has 0 aliphatic carbocycles. The van der Waals surface area contributed by atoms with Crippen molar-refractivity contribution in [1.82, 2.24) is 9.21 Å². The van der Waals surface area contributed by atoms with Crippen molar-refractivity contribution < 1.29 is 17.6 Å². The van der Waals surface area contributed by atoms with E-state index < -0.39 is 15.8 Å². The van der Waals surface area contributed by atoms with Crippen molar-refractivity contribution in [3.05, 3.63) is 30.1 Å². The van der Waals surface area contributed by atoms with E-state index in [9.17, 15) is 17.6 Å². The molecule has 1 amide bonds. The lowest BCUT2D eigenvalue weighted by atomic mass is 10.4. The van der Waals surface area contributed by atoms with E-state index >= 15 is 0 Å². The maximum atomic E-state index is 13.0. The zero-order chi connectivity index (χ0) is 13.9. The lowest BCUT2D eigenvalue weighted by Gasteiger charge is -2.19. The first-order chi connectivity index (χ1) is 8.25. The van der Waals surface area contributed by atoms with Gasteiger partial charge in [-0.05, 0) is 18.2 Å². The van der Waals surface area contributed by atoms with Crippen molar-refractivity contribution in [2.45, 2.75) is 4.90 Å². The molecule has 1 aromatic carbocycles. The van der Waals surface area contributed by atoms with Crippen LogP contribution >= 0.6 is 0 Å². The van der Waals surface area contributed by atoms with Crippen LogP contribution in [0.3, 0.4) is 0 Å². The van der Waals surface area contributed by atoms with Crippen LogP contribution in [0, 0.1) is 5.82 Å². The maximum absolute atomic E-state index is 13.0. The van der Waals surface area contributed by atoms with Crippen LogP contribution in [0.25, 0.3) is 0 Å². The summed E-state index contributed by atoms with van der Waals surface area (Å²) in [6.07, 6.45) is 0. The Morgan fingerprint density at radius 2 is 1.89 bits per heavy atom. The largest absolute Gasteiger partial charge is 0.348 e. The molecule has 1 aromatic rings. The second kappa shape index (κ2) is 5.45. The smallest absolute Gasteiger partial charge is 0.243 e. The third-order valence-corrected chi connectivity index (χ3v) is 4.16. The summed E-state index contributed by atoms with van der Waals surface area (Å²) >= 11 is 0. The standard InChI is InChI=1S/C11H15FN2O3S/c1-13(2)11(15)8-14(3)18(16,17)10-6-4-5-9(12)7-10/h4-7H,8H2,1-3H3. The fraction of sp³-hybridized carbons (Fsp3) is 0.364. The van der Waals surface area contributed by atoms with Gasteiger partial charge in [-0.25, -0.2) is 12.8 Å². The molecule has 0 radical (unpaired) electrons. The zero-order valence-electron chi connectivity index (χ0n) is 10.4. The summed E-state index contributed by atoms with van der Waals surface area (Å²) in [5.41, 5.74) is 0. The van der Waals surface area contributed by atoms with Gasteiger partial charge in [0.05, 0.1) is 11.4 Å². The van der Waals surface area contributed by atoms with Crippen LogP contribution in [-0.2, 0) is 14.8 Å². The number of sulfonamides is 1. The van der Waals surface area contributed by atoms with Crippen LogP contribution in [0.2, 0.25) is 0 Å². The topological polar surface area (TPSA) is 57.7 Å². The predicted octanol–water partition coefficient (Wildman–Crippen LogP) is 0.534. The van der Waals surface area contributed by atoms with Crippen molar-refractivity contribution in [2.24, 2.45) is 0 Å². The lowest BCUT2D eigenvalue weighted by molar-refractivity contribution is -0.128. The highest BCUT2D eigenvalue weighted by atomic mass is 32.2. The van der Waals surface area contributed by atoms with E-state index in [4.69, 9.17) is 0 Å². The van der Waals surface area contributed by atoms with Crippen LogP contribution in [0.5, 0.6) is 0 Å². The second-order valence-electron chi connectivity index (χ2n) is 4.01. The van der Waals surface area contributed by atoms with Crippen molar-refractivity contribution in [3.8, 4) is 0 Å². The van der Waals surface area contributed by atoms with Crippen molar-refractivity contribution in [3.63, 3.8) is 0 Å². The highest BCUT2D eigenvalue weighted by molar-refractivity contribution is 7.89. The van der Waals surface area contributed by atoms with E-state index in [1.807, 2.05) is 0 Å². The molecule has 0 spiro atoms. The van der Waals surface area contributed by atoms with Gasteiger partial charge < -0.3 is 4.90 Å². The number of hydrogen-bond donors (Lipinski definition) is 0. The summed E-state index contributed by atoms with van der Waals surface area (Å²) in [7, 11) is 0.501. The number of nitrogens with zero attached hydrogens (tertiary/aromatic N) is 2. The van der Waals surface area contributed by atoms with Gasteiger partial charge in [0, 0.05) is 21.1 Å². The van der Waals surface area contributed by atoms with Gasteiger partial charge in [-0.3, -0.25) is 4.79 Å². The third kappa shape index (κ3) is 3.27. The molecular weight excluding hydrogens is 259 g/mol. The molecule has 0 saturated heterocycles. The number of carbonyl (C=O) groups is 1. The molecule has 0 fully saturated rings. The Labute approximate surface area is 106 Å². The van der Waals surface area contributed by atoms with Gasteiger partial charge in [0.15, 0.2) is 0 Å². The van der Waals surface area contributed by atoms with Crippen LogP contribution < -0.4 is 0 Å². The molecule has 100 valence electrons. The molecule has 0 bridgehead atoms. The van der Waals surface area contributed by atoms with E-state index in [2.05, 4.69) is 0 Å². The summed E-state index contributed by atoms with van der Waals surface area (Å²) in [5.74, 6) is -0.985. The Hall–Kier alpha value is -1.47. The summed E-state index contributed by atoms with van der Waals surface area (Å²) in [4.78, 5) is 12.6. The van der Waals surface area contributed by atoms with Gasteiger partial charge in [-0.15, -0.1) is 0 Å². The number of halogens is 1. The normalized spacial score (nSPS) is 11.6. The minimum atomic E-state index is -3.84. The lowest BCUT2D eigenvalue weighted by Crippen LogP contribution is -2.37. The molecule has 0 saturated carbocycles. The van der Waals surface area contributed by atoms with Crippen LogP contribution in [0.15, 0.2) is 29.2 Å². The molecule has 0 aliphatic rings. The Kier molecular flexibility index (Phi) is 4.42. The zero-order valence-corrected chi connectivity index (χ0v) is 11.2. The Morgan fingerprint density at radius 3 is 2.39 bits per heavy atom. The Balaban J connectivity index is 2.97. The van der Waals surface area contributed by atoms with Crippen molar-refractivity contribution >= 4 is 15.9 Å². The predicted molar refractivity (Wildman–Crippen MR) is 64.9 cm³/mol. The van der Waals surface area contributed by atoms with Crippen molar-refractivity contribution in [2.75, 3.05) is 27.7 Å². The molecule has 18 heavy (non-hydrogen) atoms. The third-order valence-electron chi connectivity index (χ3n) is 2.36. The first kappa shape index (κ1) is 14.6. The first-order valence-electron chi connectivity index (χ1n) is 5.17. The van der Waals surface area contributed by atoms with Crippen LogP contribution in [0.4, 0.5) is 4.39 Å². The molecule has 0 heterocycles. The average Bonchev–Trinajstić information content (AvgIpc) is 2.28. The highest BCUT2D eigenvalue weighted by Crippen LogP contribution is 2.15. The minimum absolute atomic E-state index is 0.170. The van der Waals surface area contributed by atoms with Gasteiger partial charge in [-0.1, -0.05) is 6.07 Å². The number of amides is 1. The number of rotatable bonds is 4. The molecular formula is C11H15FN2O3S. The Bertz CT molecular complexity index is 543. The average molecular weight is 274 g/mol. The number of benzene rings is 1. The van der Waals surface area contributed by atoms with Gasteiger partial charge in [0.1, 0.15) is 5.82 Å². The number of carbonyl (C=O) groups excluding carboxylic acids is 1. The second-order valence-corrected chi connectivity index (χ2v) is 6.05. The molecule has 0 N–H and O–H groups in total. The SMILES string of the molecule is CN(C)C(=O)CN(C)S(=O)(=O)c1cccc(F)c1. The van der Waals surface area contributed by atoms with E-state index in [-0.39, 0.29) is 17.3 Å². The maximum Gasteiger partial charge on any atom is 0.243 e. The van der Waals surface area contributed by atoms with E-state index in [1.165, 1.54) is 38.2 Å². The van der Waals surface area contributed by atoms with E-state index in [0.717, 1.165) is 16.4 Å². The summed E-state index contributed by atoms with van der Waals surface area (Å²) in [6, 6.07) is 4.68. The first-order valence-corrected chi connectivity index (χ1v) is 6.61. The number of hydrogen-bond acceptors (Lipinski definition) is 3. The fourth-order valence-electron chi connectivity index (χ4n) is 1.22. The molecule has 1 rings (SSSR count). The van der Waals surface area contributed by atoms with Gasteiger partial charge in [0.25, 0.3) is 0 Å². The van der Waals surface area contributed by atoms with Gasteiger partial charge >= 0.3 is 0 Å². The molecule has 0 atom stereocenters. The van der Waals surface area contributed by atoms with Crippen LogP contribution in [-0.4, -0.2) is 51.2 Å². The van der Waals surface area contributed by atoms with E-state index in [1.54, 1.807) is 0 Å². The molecule has 0 unspecified atom stereocenters. The van der Waals surface area contributed by atoms with Gasteiger partial charge in [-0.2, -0.15) is 4.31 Å². The Morgan fingerprint density at radius 1 is 1.28 bits per heavy atom. The molecule has 0 aromatic heterocycles.